The van der Waals surface area contributed by atoms with Crippen LogP contribution in [0.5, 0.6) is 0 Å². The molecule has 0 spiro atoms. The molecule has 13 heavy (non-hydrogen) atoms. The molecular weight excluding hydrogens is 160 g/mol. The minimum absolute atomic E-state index is 0.459. The Labute approximate surface area is 81.3 Å². The highest BCUT2D eigenvalue weighted by atomic mass is 14.6. The Morgan fingerprint density at radius 2 is 1.85 bits per heavy atom. The van der Waals surface area contributed by atoms with Gasteiger partial charge in [-0.3, -0.25) is 0 Å². The standard InChI is InChI=1S/C9H14N2.C2H6/c1-3-5-8(7-10)6-9(11)4-2;1-2/h3-6H,1-2,7,10-11H2;1-2H3/b8-5+,9-6+;. The zero-order chi connectivity index (χ0) is 10.7. The molecule has 0 radical (unpaired) electrons. The van der Waals surface area contributed by atoms with Crippen molar-refractivity contribution >= 4 is 0 Å². The van der Waals surface area contributed by atoms with Gasteiger partial charge in [0.05, 0.1) is 0 Å². The highest BCUT2D eigenvalue weighted by Crippen LogP contribution is 1.97. The molecule has 0 aromatic heterocycles. The first kappa shape index (κ1) is 14.3. The van der Waals surface area contributed by atoms with Crippen LogP contribution >= 0.6 is 0 Å². The van der Waals surface area contributed by atoms with Crippen LogP contribution in [0.1, 0.15) is 13.8 Å². The Kier molecular flexibility index (Phi) is 11.8. The number of rotatable bonds is 4. The normalized spacial score (nSPS) is 11.3. The molecule has 74 valence electrons. The smallest absolute Gasteiger partial charge is 0.0311 e. The van der Waals surface area contributed by atoms with Crippen molar-refractivity contribution in [3.63, 3.8) is 0 Å². The van der Waals surface area contributed by atoms with Crippen molar-refractivity contribution in [3.8, 4) is 0 Å². The van der Waals surface area contributed by atoms with Crippen LogP contribution in [0.3, 0.4) is 0 Å². The minimum Gasteiger partial charge on any atom is -0.399 e. The van der Waals surface area contributed by atoms with Gasteiger partial charge in [0.1, 0.15) is 0 Å². The lowest BCUT2D eigenvalue weighted by molar-refractivity contribution is 1.18. The van der Waals surface area contributed by atoms with Gasteiger partial charge in [-0.05, 0) is 17.7 Å². The highest BCUT2D eigenvalue weighted by Gasteiger charge is 1.87. The van der Waals surface area contributed by atoms with Gasteiger partial charge in [0, 0.05) is 12.2 Å². The fourth-order valence-corrected chi connectivity index (χ4v) is 0.599. The summed E-state index contributed by atoms with van der Waals surface area (Å²) in [5, 5.41) is 0. The SMILES string of the molecule is C=C/C=C(\C=C(\N)C=C)CN.CC. The van der Waals surface area contributed by atoms with Gasteiger partial charge in [-0.1, -0.05) is 39.2 Å². The van der Waals surface area contributed by atoms with Crippen molar-refractivity contribution in [1.29, 1.82) is 0 Å². The number of hydrogen-bond acceptors (Lipinski definition) is 2. The molecule has 0 bridgehead atoms. The van der Waals surface area contributed by atoms with Crippen molar-refractivity contribution in [2.45, 2.75) is 13.8 Å². The van der Waals surface area contributed by atoms with Gasteiger partial charge in [-0.15, -0.1) is 0 Å². The van der Waals surface area contributed by atoms with Crippen molar-refractivity contribution in [2.75, 3.05) is 6.54 Å². The second-order valence-corrected chi connectivity index (χ2v) is 2.03. The summed E-state index contributed by atoms with van der Waals surface area (Å²) in [7, 11) is 0. The van der Waals surface area contributed by atoms with E-state index in [9.17, 15) is 0 Å². The lowest BCUT2D eigenvalue weighted by Crippen LogP contribution is -2.03. The van der Waals surface area contributed by atoms with Crippen LogP contribution in [0, 0.1) is 0 Å². The zero-order valence-electron chi connectivity index (χ0n) is 8.59. The molecule has 2 heteroatoms. The number of allylic oxidation sites excluding steroid dienone is 3. The van der Waals surface area contributed by atoms with Crippen LogP contribution in [0.2, 0.25) is 0 Å². The van der Waals surface area contributed by atoms with E-state index in [1.807, 2.05) is 19.9 Å². The van der Waals surface area contributed by atoms with Gasteiger partial charge in [0.2, 0.25) is 0 Å². The molecule has 0 aliphatic carbocycles. The molecule has 0 fully saturated rings. The van der Waals surface area contributed by atoms with Crippen LogP contribution in [-0.4, -0.2) is 6.54 Å². The fraction of sp³-hybridized carbons (Fsp3) is 0.273. The summed E-state index contributed by atoms with van der Waals surface area (Å²) in [5.74, 6) is 0. The summed E-state index contributed by atoms with van der Waals surface area (Å²) in [6.07, 6.45) is 6.84. The molecule has 0 heterocycles. The lowest BCUT2D eigenvalue weighted by Gasteiger charge is -1.96. The first-order chi connectivity index (χ1) is 6.24. The van der Waals surface area contributed by atoms with Gasteiger partial charge in [-0.2, -0.15) is 0 Å². The van der Waals surface area contributed by atoms with Crippen LogP contribution in [0.4, 0.5) is 0 Å². The Balaban J connectivity index is 0. The van der Waals surface area contributed by atoms with E-state index >= 15 is 0 Å². The summed E-state index contributed by atoms with van der Waals surface area (Å²) in [6.45, 7) is 11.5. The van der Waals surface area contributed by atoms with E-state index in [2.05, 4.69) is 13.2 Å². The molecule has 0 aliphatic heterocycles. The maximum atomic E-state index is 5.49. The summed E-state index contributed by atoms with van der Waals surface area (Å²) < 4.78 is 0. The molecule has 0 rings (SSSR count). The molecule has 0 atom stereocenters. The molecule has 0 aromatic rings. The summed E-state index contributed by atoms with van der Waals surface area (Å²) in [4.78, 5) is 0. The second-order valence-electron chi connectivity index (χ2n) is 2.03. The van der Waals surface area contributed by atoms with E-state index in [0.29, 0.717) is 12.2 Å². The van der Waals surface area contributed by atoms with Crippen molar-refractivity contribution in [3.05, 3.63) is 48.7 Å². The van der Waals surface area contributed by atoms with Gasteiger partial charge in [0.15, 0.2) is 0 Å². The average Bonchev–Trinajstić information content (AvgIpc) is 2.20. The van der Waals surface area contributed by atoms with Crippen molar-refractivity contribution in [2.24, 2.45) is 11.5 Å². The van der Waals surface area contributed by atoms with Crippen molar-refractivity contribution < 1.29 is 0 Å². The predicted octanol–water partition coefficient (Wildman–Crippen LogP) is 2.11. The van der Waals surface area contributed by atoms with Gasteiger partial charge in [-0.25, -0.2) is 0 Å². The summed E-state index contributed by atoms with van der Waals surface area (Å²) in [5.41, 5.74) is 12.5. The first-order valence-electron chi connectivity index (χ1n) is 4.36. The molecular formula is C11H20N2. The first-order valence-corrected chi connectivity index (χ1v) is 4.36. The molecule has 0 saturated carbocycles. The minimum atomic E-state index is 0.459. The predicted molar refractivity (Wildman–Crippen MR) is 61.1 cm³/mol. The Bertz CT molecular complexity index is 200. The highest BCUT2D eigenvalue weighted by molar-refractivity contribution is 5.30. The van der Waals surface area contributed by atoms with E-state index in [1.165, 1.54) is 0 Å². The van der Waals surface area contributed by atoms with E-state index in [4.69, 9.17) is 11.5 Å². The summed E-state index contributed by atoms with van der Waals surface area (Å²) >= 11 is 0. The number of nitrogens with two attached hydrogens (primary N) is 2. The molecule has 4 N–H and O–H groups in total. The maximum Gasteiger partial charge on any atom is 0.0311 e. The third-order valence-corrected chi connectivity index (χ3v) is 1.16. The number of hydrogen-bond donors (Lipinski definition) is 2. The van der Waals surface area contributed by atoms with Gasteiger partial charge in [0.25, 0.3) is 0 Å². The summed E-state index contributed by atoms with van der Waals surface area (Å²) in [6, 6.07) is 0. The monoisotopic (exact) mass is 180 g/mol. The van der Waals surface area contributed by atoms with Gasteiger partial charge < -0.3 is 11.5 Å². The lowest BCUT2D eigenvalue weighted by atomic mass is 10.2. The molecule has 0 unspecified atom stereocenters. The average molecular weight is 180 g/mol. The van der Waals surface area contributed by atoms with Crippen LogP contribution in [0.25, 0.3) is 0 Å². The quantitative estimate of drug-likeness (QED) is 0.651. The van der Waals surface area contributed by atoms with Gasteiger partial charge >= 0.3 is 0 Å². The zero-order valence-corrected chi connectivity index (χ0v) is 8.59. The third-order valence-electron chi connectivity index (χ3n) is 1.16. The van der Waals surface area contributed by atoms with Crippen LogP contribution < -0.4 is 11.5 Å². The Hall–Kier alpha value is -1.28. The van der Waals surface area contributed by atoms with Crippen LogP contribution in [0.15, 0.2) is 48.7 Å². The third kappa shape index (κ3) is 8.63. The molecule has 0 saturated heterocycles. The van der Waals surface area contributed by atoms with E-state index in [-0.39, 0.29) is 0 Å². The Morgan fingerprint density at radius 1 is 1.31 bits per heavy atom. The van der Waals surface area contributed by atoms with E-state index in [1.54, 1.807) is 18.2 Å². The largest absolute Gasteiger partial charge is 0.399 e. The Morgan fingerprint density at radius 3 is 2.15 bits per heavy atom. The fourth-order valence-electron chi connectivity index (χ4n) is 0.599. The molecule has 0 aliphatic rings. The topological polar surface area (TPSA) is 52.0 Å². The molecule has 0 amide bonds. The van der Waals surface area contributed by atoms with E-state index < -0.39 is 0 Å². The molecule has 0 aromatic carbocycles. The van der Waals surface area contributed by atoms with Crippen LogP contribution in [-0.2, 0) is 0 Å². The molecule has 2 nitrogen and oxygen atoms in total. The second kappa shape index (κ2) is 10.7. The maximum absolute atomic E-state index is 5.49. The van der Waals surface area contributed by atoms with E-state index in [0.717, 1.165) is 5.57 Å². The van der Waals surface area contributed by atoms with Crippen molar-refractivity contribution in [1.82, 2.24) is 0 Å².